The molecule has 1 N–H and O–H groups in total. The fraction of sp³-hybridized carbons (Fsp3) is 0.458. The number of ether oxygens (including phenoxy) is 1. The second-order valence-electron chi connectivity index (χ2n) is 8.87. The summed E-state index contributed by atoms with van der Waals surface area (Å²) in [5.74, 6) is 0.295. The second kappa shape index (κ2) is 8.87. The summed E-state index contributed by atoms with van der Waals surface area (Å²) in [7, 11) is 0. The molecule has 0 spiro atoms. The Hall–Kier alpha value is -2.53. The number of carbonyl (C=O) groups is 1. The van der Waals surface area contributed by atoms with Crippen molar-refractivity contribution in [2.75, 3.05) is 19.6 Å². The van der Waals surface area contributed by atoms with Crippen LogP contribution in [0.4, 0.5) is 4.79 Å². The number of piperazine rings is 1. The molecule has 1 aliphatic heterocycles. The van der Waals surface area contributed by atoms with Gasteiger partial charge in [0.1, 0.15) is 11.4 Å². The minimum atomic E-state index is -0.523. The molecular weight excluding hydrogens is 364 g/mol. The number of nitrogens with zero attached hydrogens (tertiary/aromatic N) is 2. The topological polar surface area (TPSA) is 53.0 Å². The third-order valence-electron chi connectivity index (χ3n) is 5.19. The highest BCUT2D eigenvalue weighted by atomic mass is 16.6. The van der Waals surface area contributed by atoms with Gasteiger partial charge >= 0.3 is 6.09 Å². The summed E-state index contributed by atoms with van der Waals surface area (Å²) in [6.07, 6.45) is 0.413. The Labute approximate surface area is 173 Å². The lowest BCUT2D eigenvalue weighted by Crippen LogP contribution is -2.56. The SMILES string of the molecule is Cc1ccc(C[C@@H]2CN(Cc3ccccc3)CCN2C(=O)OC(C)(C)C)cc1O. The maximum absolute atomic E-state index is 12.8. The number of aryl methyl sites for hydroxylation is 1. The molecule has 0 aliphatic carbocycles. The molecule has 29 heavy (non-hydrogen) atoms. The van der Waals surface area contributed by atoms with Crippen molar-refractivity contribution in [1.82, 2.24) is 9.80 Å². The van der Waals surface area contributed by atoms with Crippen LogP contribution in [-0.4, -0.2) is 52.3 Å². The summed E-state index contributed by atoms with van der Waals surface area (Å²) >= 11 is 0. The van der Waals surface area contributed by atoms with Gasteiger partial charge in [-0.15, -0.1) is 0 Å². The van der Waals surface area contributed by atoms with Gasteiger partial charge in [0, 0.05) is 26.2 Å². The molecule has 1 atom stereocenters. The van der Waals surface area contributed by atoms with Crippen LogP contribution in [0.3, 0.4) is 0 Å². The van der Waals surface area contributed by atoms with Crippen LogP contribution in [0.25, 0.3) is 0 Å². The fourth-order valence-electron chi connectivity index (χ4n) is 3.69. The van der Waals surface area contributed by atoms with E-state index in [1.807, 2.05) is 50.8 Å². The van der Waals surface area contributed by atoms with E-state index in [9.17, 15) is 9.90 Å². The quantitative estimate of drug-likeness (QED) is 0.834. The van der Waals surface area contributed by atoms with Crippen LogP contribution in [0.5, 0.6) is 5.75 Å². The van der Waals surface area contributed by atoms with Gasteiger partial charge < -0.3 is 14.7 Å². The van der Waals surface area contributed by atoms with Crippen LogP contribution in [0.15, 0.2) is 48.5 Å². The van der Waals surface area contributed by atoms with Crippen LogP contribution in [-0.2, 0) is 17.7 Å². The smallest absolute Gasteiger partial charge is 0.410 e. The lowest BCUT2D eigenvalue weighted by Gasteiger charge is -2.42. The van der Waals surface area contributed by atoms with Crippen LogP contribution in [0.2, 0.25) is 0 Å². The number of hydrogen-bond acceptors (Lipinski definition) is 4. The molecule has 1 fully saturated rings. The van der Waals surface area contributed by atoms with Crippen LogP contribution >= 0.6 is 0 Å². The molecule has 0 unspecified atom stereocenters. The van der Waals surface area contributed by atoms with Crippen molar-refractivity contribution in [2.45, 2.75) is 52.3 Å². The summed E-state index contributed by atoms with van der Waals surface area (Å²) < 4.78 is 5.66. The number of carbonyl (C=O) groups excluding carboxylic acids is 1. The lowest BCUT2D eigenvalue weighted by atomic mass is 10.0. The predicted octanol–water partition coefficient (Wildman–Crippen LogP) is 4.36. The molecule has 1 amide bonds. The second-order valence-corrected chi connectivity index (χ2v) is 8.87. The number of phenols is 1. The van der Waals surface area contributed by atoms with Crippen LogP contribution < -0.4 is 0 Å². The van der Waals surface area contributed by atoms with Gasteiger partial charge in [0.2, 0.25) is 0 Å². The van der Waals surface area contributed by atoms with E-state index in [1.165, 1.54) is 5.56 Å². The standard InChI is InChI=1S/C24H32N2O3/c1-18-10-11-20(15-22(18)27)14-21-17-25(16-19-8-6-5-7-9-19)12-13-26(21)23(28)29-24(2,3)4/h5-11,15,21,27H,12-14,16-17H2,1-4H3/t21-/m1/s1. The Morgan fingerprint density at radius 2 is 1.83 bits per heavy atom. The first kappa shape index (κ1) is 21.2. The van der Waals surface area contributed by atoms with E-state index in [1.54, 1.807) is 6.07 Å². The number of rotatable bonds is 4. The zero-order chi connectivity index (χ0) is 21.0. The highest BCUT2D eigenvalue weighted by Gasteiger charge is 2.33. The molecule has 5 nitrogen and oxygen atoms in total. The van der Waals surface area contributed by atoms with Crippen molar-refractivity contribution in [3.05, 3.63) is 65.2 Å². The Balaban J connectivity index is 1.76. The lowest BCUT2D eigenvalue weighted by molar-refractivity contribution is -0.00232. The first-order chi connectivity index (χ1) is 13.7. The molecule has 1 saturated heterocycles. The third-order valence-corrected chi connectivity index (χ3v) is 5.19. The molecule has 2 aromatic carbocycles. The fourth-order valence-corrected chi connectivity index (χ4v) is 3.69. The van der Waals surface area contributed by atoms with Crippen LogP contribution in [0, 0.1) is 6.92 Å². The van der Waals surface area contributed by atoms with E-state index in [0.717, 1.165) is 30.8 Å². The molecule has 0 bridgehead atoms. The minimum Gasteiger partial charge on any atom is -0.508 e. The molecule has 1 heterocycles. The maximum Gasteiger partial charge on any atom is 0.410 e. The Bertz CT molecular complexity index is 830. The van der Waals surface area contributed by atoms with Gasteiger partial charge in [-0.05, 0) is 56.9 Å². The summed E-state index contributed by atoms with van der Waals surface area (Å²) in [6, 6.07) is 16.1. The molecule has 3 rings (SSSR count). The monoisotopic (exact) mass is 396 g/mol. The molecule has 0 aromatic heterocycles. The Morgan fingerprint density at radius 1 is 1.10 bits per heavy atom. The van der Waals surface area contributed by atoms with Gasteiger partial charge in [0.05, 0.1) is 6.04 Å². The number of phenolic OH excluding ortho intramolecular Hbond substituents is 1. The van der Waals surface area contributed by atoms with Gasteiger partial charge in [-0.3, -0.25) is 4.90 Å². The number of amides is 1. The molecular formula is C24H32N2O3. The van der Waals surface area contributed by atoms with Crippen molar-refractivity contribution >= 4 is 6.09 Å². The molecule has 5 heteroatoms. The minimum absolute atomic E-state index is 0.00980. The van der Waals surface area contributed by atoms with Gasteiger partial charge in [-0.2, -0.15) is 0 Å². The van der Waals surface area contributed by atoms with E-state index in [0.29, 0.717) is 18.7 Å². The van der Waals surface area contributed by atoms with Crippen molar-refractivity contribution in [2.24, 2.45) is 0 Å². The summed E-state index contributed by atoms with van der Waals surface area (Å²) in [5.41, 5.74) is 2.62. The largest absolute Gasteiger partial charge is 0.508 e. The number of hydrogen-bond donors (Lipinski definition) is 1. The third kappa shape index (κ3) is 5.97. The van der Waals surface area contributed by atoms with Crippen molar-refractivity contribution in [3.8, 4) is 5.75 Å². The van der Waals surface area contributed by atoms with Crippen molar-refractivity contribution < 1.29 is 14.6 Å². The maximum atomic E-state index is 12.8. The van der Waals surface area contributed by atoms with E-state index < -0.39 is 5.60 Å². The van der Waals surface area contributed by atoms with E-state index in [-0.39, 0.29) is 12.1 Å². The van der Waals surface area contributed by atoms with Gasteiger partial charge in [-0.25, -0.2) is 4.79 Å². The molecule has 0 saturated carbocycles. The highest BCUT2D eigenvalue weighted by Crippen LogP contribution is 2.23. The zero-order valence-corrected chi connectivity index (χ0v) is 17.9. The summed E-state index contributed by atoms with van der Waals surface area (Å²) in [5, 5.41) is 10.1. The van der Waals surface area contributed by atoms with Crippen molar-refractivity contribution in [3.63, 3.8) is 0 Å². The van der Waals surface area contributed by atoms with Crippen LogP contribution in [0.1, 0.15) is 37.5 Å². The van der Waals surface area contributed by atoms with Crippen molar-refractivity contribution in [1.29, 1.82) is 0 Å². The summed E-state index contributed by atoms with van der Waals surface area (Å²) in [4.78, 5) is 17.1. The average molecular weight is 397 g/mol. The normalized spacial score (nSPS) is 17.9. The highest BCUT2D eigenvalue weighted by molar-refractivity contribution is 5.69. The van der Waals surface area contributed by atoms with Gasteiger partial charge in [-0.1, -0.05) is 42.5 Å². The molecule has 156 valence electrons. The number of benzene rings is 2. The Morgan fingerprint density at radius 3 is 2.48 bits per heavy atom. The predicted molar refractivity (Wildman–Crippen MR) is 115 cm³/mol. The first-order valence-corrected chi connectivity index (χ1v) is 10.3. The van der Waals surface area contributed by atoms with E-state index in [4.69, 9.17) is 4.74 Å². The molecule has 0 radical (unpaired) electrons. The number of aromatic hydroxyl groups is 1. The Kier molecular flexibility index (Phi) is 6.48. The van der Waals surface area contributed by atoms with E-state index >= 15 is 0 Å². The van der Waals surface area contributed by atoms with E-state index in [2.05, 4.69) is 29.2 Å². The average Bonchev–Trinajstić information content (AvgIpc) is 2.64. The molecule has 2 aromatic rings. The van der Waals surface area contributed by atoms with Gasteiger partial charge in [0.25, 0.3) is 0 Å². The first-order valence-electron chi connectivity index (χ1n) is 10.3. The molecule has 1 aliphatic rings. The van der Waals surface area contributed by atoms with Gasteiger partial charge in [0.15, 0.2) is 0 Å². The zero-order valence-electron chi connectivity index (χ0n) is 17.9. The summed E-state index contributed by atoms with van der Waals surface area (Å²) in [6.45, 7) is 10.6.